The zero-order chi connectivity index (χ0) is 20.8. The quantitative estimate of drug-likeness (QED) is 0.620. The summed E-state index contributed by atoms with van der Waals surface area (Å²) < 4.78 is 11.0. The Kier molecular flexibility index (Phi) is 6.32. The molecule has 30 heavy (non-hydrogen) atoms. The minimum absolute atomic E-state index is 0.161. The number of hydrogen-bond donors (Lipinski definition) is 0. The van der Waals surface area contributed by atoms with E-state index in [4.69, 9.17) is 9.15 Å². The molecule has 0 spiro atoms. The van der Waals surface area contributed by atoms with Gasteiger partial charge in [-0.15, -0.1) is 0 Å². The predicted molar refractivity (Wildman–Crippen MR) is 117 cm³/mol. The number of carbonyl (C=O) groups excluding carboxylic acids is 1. The van der Waals surface area contributed by atoms with E-state index in [2.05, 4.69) is 34.1 Å². The highest BCUT2D eigenvalue weighted by Gasteiger charge is 2.20. The van der Waals surface area contributed by atoms with E-state index in [1.807, 2.05) is 35.2 Å². The van der Waals surface area contributed by atoms with Crippen molar-refractivity contribution >= 4 is 11.6 Å². The van der Waals surface area contributed by atoms with Crippen LogP contribution in [0, 0.1) is 0 Å². The zero-order valence-corrected chi connectivity index (χ0v) is 17.3. The molecule has 0 saturated carbocycles. The fourth-order valence-electron chi connectivity index (χ4n) is 3.75. The second-order valence-corrected chi connectivity index (χ2v) is 7.40. The highest BCUT2D eigenvalue weighted by atomic mass is 16.5. The van der Waals surface area contributed by atoms with Gasteiger partial charge in [-0.05, 0) is 42.8 Å². The first kappa shape index (κ1) is 20.0. The van der Waals surface area contributed by atoms with Crippen LogP contribution in [-0.4, -0.2) is 49.1 Å². The summed E-state index contributed by atoms with van der Waals surface area (Å²) in [4.78, 5) is 21.4. The van der Waals surface area contributed by atoms with Crippen LogP contribution in [-0.2, 0) is 11.2 Å². The first-order chi connectivity index (χ1) is 14.7. The van der Waals surface area contributed by atoms with Crippen LogP contribution in [0.3, 0.4) is 0 Å². The number of ether oxygens (including phenoxy) is 1. The molecule has 1 amide bonds. The number of para-hydroxylation sites is 1. The van der Waals surface area contributed by atoms with Crippen molar-refractivity contribution in [3.05, 3.63) is 66.7 Å². The maximum Gasteiger partial charge on any atom is 0.223 e. The molecule has 0 N–H and O–H groups in total. The molecule has 6 heteroatoms. The summed E-state index contributed by atoms with van der Waals surface area (Å²) in [6.45, 7) is 3.37. The first-order valence-corrected chi connectivity index (χ1v) is 10.4. The minimum atomic E-state index is 0.161. The molecule has 1 aliphatic heterocycles. The lowest BCUT2D eigenvalue weighted by Crippen LogP contribution is -2.35. The molecule has 6 nitrogen and oxygen atoms in total. The third-order valence-corrected chi connectivity index (χ3v) is 5.45. The van der Waals surface area contributed by atoms with E-state index in [0.717, 1.165) is 43.9 Å². The van der Waals surface area contributed by atoms with Crippen LogP contribution in [0.4, 0.5) is 5.69 Å². The van der Waals surface area contributed by atoms with Gasteiger partial charge in [-0.25, -0.2) is 4.98 Å². The Morgan fingerprint density at radius 2 is 1.83 bits per heavy atom. The number of hydrogen-bond acceptors (Lipinski definition) is 5. The highest BCUT2D eigenvalue weighted by Crippen LogP contribution is 2.23. The molecule has 156 valence electrons. The Balaban J connectivity index is 1.30. The van der Waals surface area contributed by atoms with Crippen LogP contribution in [0.2, 0.25) is 0 Å². The van der Waals surface area contributed by atoms with E-state index in [-0.39, 0.29) is 5.91 Å². The molecular formula is C24H27N3O3. The fourth-order valence-corrected chi connectivity index (χ4v) is 3.75. The van der Waals surface area contributed by atoms with E-state index in [1.165, 1.54) is 5.69 Å². The van der Waals surface area contributed by atoms with E-state index in [9.17, 15) is 4.79 Å². The molecule has 0 unspecified atom stereocenters. The van der Waals surface area contributed by atoms with Crippen molar-refractivity contribution in [1.82, 2.24) is 9.88 Å². The van der Waals surface area contributed by atoms with E-state index >= 15 is 0 Å². The number of nitrogens with zero attached hydrogens (tertiary/aromatic N) is 3. The molecule has 0 radical (unpaired) electrons. The molecule has 1 aromatic heterocycles. The molecule has 2 aromatic carbocycles. The normalized spacial score (nSPS) is 14.4. The number of anilines is 1. The molecule has 2 heterocycles. The van der Waals surface area contributed by atoms with Crippen molar-refractivity contribution in [2.24, 2.45) is 0 Å². The van der Waals surface area contributed by atoms with Crippen LogP contribution >= 0.6 is 0 Å². The Labute approximate surface area is 177 Å². The third kappa shape index (κ3) is 4.82. The third-order valence-electron chi connectivity index (χ3n) is 5.45. The van der Waals surface area contributed by atoms with Gasteiger partial charge < -0.3 is 19.0 Å². The van der Waals surface area contributed by atoms with E-state index in [0.29, 0.717) is 24.5 Å². The van der Waals surface area contributed by atoms with Gasteiger partial charge in [0.2, 0.25) is 5.91 Å². The van der Waals surface area contributed by atoms with Gasteiger partial charge in [-0.3, -0.25) is 4.79 Å². The molecule has 0 atom stereocenters. The summed E-state index contributed by atoms with van der Waals surface area (Å²) in [5.74, 6) is 2.25. The highest BCUT2D eigenvalue weighted by molar-refractivity contribution is 5.76. The van der Waals surface area contributed by atoms with Crippen molar-refractivity contribution in [1.29, 1.82) is 0 Å². The lowest BCUT2D eigenvalue weighted by Gasteiger charge is -2.23. The van der Waals surface area contributed by atoms with Gasteiger partial charge in [0.25, 0.3) is 0 Å². The van der Waals surface area contributed by atoms with Gasteiger partial charge in [0.05, 0.1) is 13.3 Å². The van der Waals surface area contributed by atoms with Gasteiger partial charge in [-0.2, -0.15) is 0 Å². The van der Waals surface area contributed by atoms with Gasteiger partial charge in [0.15, 0.2) is 11.7 Å². The Bertz CT molecular complexity index is 953. The van der Waals surface area contributed by atoms with Crippen LogP contribution in [0.25, 0.3) is 11.3 Å². The predicted octanol–water partition coefficient (Wildman–Crippen LogP) is 4.02. The Hall–Kier alpha value is -3.28. The second kappa shape index (κ2) is 9.48. The number of amides is 1. The maximum atomic E-state index is 12.7. The van der Waals surface area contributed by atoms with Gasteiger partial charge in [0.1, 0.15) is 5.75 Å². The largest absolute Gasteiger partial charge is 0.497 e. The summed E-state index contributed by atoms with van der Waals surface area (Å²) in [6.07, 6.45) is 3.61. The number of rotatable bonds is 6. The lowest BCUT2D eigenvalue weighted by atomic mass is 10.2. The number of aryl methyl sites for hydroxylation is 1. The maximum absolute atomic E-state index is 12.7. The average Bonchev–Trinajstić information content (AvgIpc) is 3.14. The van der Waals surface area contributed by atoms with Crippen molar-refractivity contribution in [3.63, 3.8) is 0 Å². The van der Waals surface area contributed by atoms with Gasteiger partial charge in [0, 0.05) is 50.3 Å². The van der Waals surface area contributed by atoms with E-state index < -0.39 is 0 Å². The molecule has 0 aliphatic carbocycles. The SMILES string of the molecule is COc1ccc(-c2cnc(CCC(=O)N3CCCN(c4ccccc4)CC3)o2)cc1. The lowest BCUT2D eigenvalue weighted by molar-refractivity contribution is -0.131. The zero-order valence-electron chi connectivity index (χ0n) is 17.3. The standard InChI is InChI=1S/C24H27N3O3/c1-29-21-10-8-19(9-11-21)22-18-25-23(30-22)12-13-24(28)27-15-5-14-26(16-17-27)20-6-3-2-4-7-20/h2-4,6-11,18H,5,12-17H2,1H3. The molecule has 4 rings (SSSR count). The van der Waals surface area contributed by atoms with Crippen molar-refractivity contribution in [2.75, 3.05) is 38.2 Å². The van der Waals surface area contributed by atoms with Crippen LogP contribution in [0.1, 0.15) is 18.7 Å². The number of carbonyl (C=O) groups is 1. The summed E-state index contributed by atoms with van der Waals surface area (Å²) in [7, 11) is 1.64. The summed E-state index contributed by atoms with van der Waals surface area (Å²) in [5, 5.41) is 0. The molecule has 1 fully saturated rings. The summed E-state index contributed by atoms with van der Waals surface area (Å²) in [6, 6.07) is 18.0. The van der Waals surface area contributed by atoms with Crippen LogP contribution < -0.4 is 9.64 Å². The van der Waals surface area contributed by atoms with E-state index in [1.54, 1.807) is 13.3 Å². The average molecular weight is 405 g/mol. The molecule has 1 saturated heterocycles. The number of methoxy groups -OCH3 is 1. The van der Waals surface area contributed by atoms with Gasteiger partial charge in [-0.1, -0.05) is 18.2 Å². The summed E-state index contributed by atoms with van der Waals surface area (Å²) >= 11 is 0. The smallest absolute Gasteiger partial charge is 0.223 e. The monoisotopic (exact) mass is 405 g/mol. The number of aromatic nitrogens is 1. The van der Waals surface area contributed by atoms with Gasteiger partial charge >= 0.3 is 0 Å². The van der Waals surface area contributed by atoms with Crippen molar-refractivity contribution in [3.8, 4) is 17.1 Å². The minimum Gasteiger partial charge on any atom is -0.497 e. The fraction of sp³-hybridized carbons (Fsp3) is 0.333. The molecule has 0 bridgehead atoms. The molecule has 3 aromatic rings. The summed E-state index contributed by atoms with van der Waals surface area (Å²) in [5.41, 5.74) is 2.16. The van der Waals surface area contributed by atoms with Crippen molar-refractivity contribution < 1.29 is 13.9 Å². The molecule has 1 aliphatic rings. The number of benzene rings is 2. The topological polar surface area (TPSA) is 58.8 Å². The molecular weight excluding hydrogens is 378 g/mol. The number of oxazole rings is 1. The van der Waals surface area contributed by atoms with Crippen LogP contribution in [0.5, 0.6) is 5.75 Å². The van der Waals surface area contributed by atoms with Crippen molar-refractivity contribution in [2.45, 2.75) is 19.3 Å². The first-order valence-electron chi connectivity index (χ1n) is 10.4. The van der Waals surface area contributed by atoms with Crippen LogP contribution in [0.15, 0.2) is 65.2 Å². The Morgan fingerprint density at radius 1 is 1.03 bits per heavy atom. The Morgan fingerprint density at radius 3 is 2.60 bits per heavy atom. The second-order valence-electron chi connectivity index (χ2n) is 7.40.